The lowest BCUT2D eigenvalue weighted by molar-refractivity contribution is 0.198. The highest BCUT2D eigenvalue weighted by Crippen LogP contribution is 2.33. The number of anilines is 1. The monoisotopic (exact) mass is 318 g/mol. The van der Waals surface area contributed by atoms with E-state index in [9.17, 15) is 8.42 Å². The normalized spacial score (nSPS) is 16.4. The predicted molar refractivity (Wildman–Crippen MR) is 79.1 cm³/mol. The van der Waals surface area contributed by atoms with Gasteiger partial charge in [-0.2, -0.15) is 4.31 Å². The van der Waals surface area contributed by atoms with Crippen LogP contribution in [-0.2, 0) is 10.0 Å². The first-order valence-corrected chi connectivity index (χ1v) is 8.46. The molecule has 3 N–H and O–H groups in total. The zero-order valence-electron chi connectivity index (χ0n) is 11.1. The summed E-state index contributed by atoms with van der Waals surface area (Å²) in [5.74, 6) is 0. The van der Waals surface area contributed by atoms with Gasteiger partial charge in [-0.1, -0.05) is 18.0 Å². The largest absolute Gasteiger partial charge is 0.398 e. The highest BCUT2D eigenvalue weighted by Gasteiger charge is 2.35. The molecule has 1 fully saturated rings. The number of hydrogen-bond donors (Lipinski definition) is 2. The fourth-order valence-electron chi connectivity index (χ4n) is 2.26. The van der Waals surface area contributed by atoms with Crippen LogP contribution in [0.1, 0.15) is 25.7 Å². The van der Waals surface area contributed by atoms with Crippen LogP contribution in [0.15, 0.2) is 23.1 Å². The van der Waals surface area contributed by atoms with Crippen molar-refractivity contribution in [1.29, 1.82) is 0 Å². The third-order valence-electron chi connectivity index (χ3n) is 3.58. The van der Waals surface area contributed by atoms with Crippen molar-refractivity contribution in [2.24, 2.45) is 0 Å². The van der Waals surface area contributed by atoms with E-state index in [1.807, 2.05) is 0 Å². The van der Waals surface area contributed by atoms with E-state index in [1.54, 1.807) is 6.07 Å². The van der Waals surface area contributed by atoms with E-state index in [0.717, 1.165) is 19.3 Å². The Balaban J connectivity index is 2.36. The maximum Gasteiger partial charge on any atom is 0.245 e. The van der Waals surface area contributed by atoms with Crippen LogP contribution in [0, 0.1) is 0 Å². The van der Waals surface area contributed by atoms with E-state index in [0.29, 0.717) is 18.0 Å². The number of sulfonamides is 1. The summed E-state index contributed by atoms with van der Waals surface area (Å²) in [5.41, 5.74) is 5.98. The number of nitrogen functional groups attached to an aromatic ring is 1. The smallest absolute Gasteiger partial charge is 0.245 e. The first-order chi connectivity index (χ1) is 9.46. The number of benzene rings is 1. The first-order valence-electron chi connectivity index (χ1n) is 6.64. The summed E-state index contributed by atoms with van der Waals surface area (Å²) >= 11 is 5.88. The van der Waals surface area contributed by atoms with Crippen LogP contribution in [0.2, 0.25) is 5.02 Å². The molecule has 20 heavy (non-hydrogen) atoms. The van der Waals surface area contributed by atoms with Crippen LogP contribution in [0.3, 0.4) is 0 Å². The Hall–Kier alpha value is -0.820. The summed E-state index contributed by atoms with van der Waals surface area (Å²) in [7, 11) is -3.67. The van der Waals surface area contributed by atoms with Crippen molar-refractivity contribution >= 4 is 27.3 Å². The SMILES string of the molecule is Nc1ccc(Cl)cc1S(=O)(=O)N(CCCO)C1CCC1. The van der Waals surface area contributed by atoms with Crippen molar-refractivity contribution in [1.82, 2.24) is 4.31 Å². The van der Waals surface area contributed by atoms with Gasteiger partial charge in [-0.05, 0) is 37.5 Å². The Morgan fingerprint density at radius 1 is 1.40 bits per heavy atom. The summed E-state index contributed by atoms with van der Waals surface area (Å²) < 4.78 is 27.0. The van der Waals surface area contributed by atoms with Crippen molar-refractivity contribution < 1.29 is 13.5 Å². The molecule has 0 heterocycles. The van der Waals surface area contributed by atoms with Crippen molar-refractivity contribution in [3.8, 4) is 0 Å². The highest BCUT2D eigenvalue weighted by atomic mass is 35.5. The molecule has 0 radical (unpaired) electrons. The highest BCUT2D eigenvalue weighted by molar-refractivity contribution is 7.89. The molecule has 1 aliphatic rings. The topological polar surface area (TPSA) is 83.6 Å². The molecule has 0 aliphatic heterocycles. The summed E-state index contributed by atoms with van der Waals surface area (Å²) in [6, 6.07) is 4.46. The molecule has 1 aromatic rings. The molecular weight excluding hydrogens is 300 g/mol. The van der Waals surface area contributed by atoms with Crippen LogP contribution in [0.5, 0.6) is 0 Å². The van der Waals surface area contributed by atoms with E-state index >= 15 is 0 Å². The zero-order chi connectivity index (χ0) is 14.8. The number of nitrogens with two attached hydrogens (primary N) is 1. The number of hydrogen-bond acceptors (Lipinski definition) is 4. The minimum atomic E-state index is -3.67. The number of nitrogens with zero attached hydrogens (tertiary/aromatic N) is 1. The van der Waals surface area contributed by atoms with Crippen molar-refractivity contribution in [3.63, 3.8) is 0 Å². The fourth-order valence-corrected chi connectivity index (χ4v) is 4.36. The van der Waals surface area contributed by atoms with Crippen LogP contribution in [0.4, 0.5) is 5.69 Å². The van der Waals surface area contributed by atoms with Crippen LogP contribution >= 0.6 is 11.6 Å². The van der Waals surface area contributed by atoms with E-state index in [4.69, 9.17) is 22.4 Å². The molecule has 0 amide bonds. The van der Waals surface area contributed by atoms with Crippen LogP contribution < -0.4 is 5.73 Å². The second kappa shape index (κ2) is 6.30. The Morgan fingerprint density at radius 3 is 2.65 bits per heavy atom. The van der Waals surface area contributed by atoms with E-state index in [-0.39, 0.29) is 23.2 Å². The van der Waals surface area contributed by atoms with Gasteiger partial charge in [-0.3, -0.25) is 0 Å². The zero-order valence-corrected chi connectivity index (χ0v) is 12.7. The maximum absolute atomic E-state index is 12.8. The van der Waals surface area contributed by atoms with Gasteiger partial charge >= 0.3 is 0 Å². The average Bonchev–Trinajstić information content (AvgIpc) is 2.34. The Morgan fingerprint density at radius 2 is 2.10 bits per heavy atom. The molecule has 0 spiro atoms. The fraction of sp³-hybridized carbons (Fsp3) is 0.538. The van der Waals surface area contributed by atoms with E-state index in [1.165, 1.54) is 16.4 Å². The predicted octanol–water partition coefficient (Wildman–Crippen LogP) is 1.85. The minimum absolute atomic E-state index is 0.00457. The van der Waals surface area contributed by atoms with Gasteiger partial charge in [-0.25, -0.2) is 8.42 Å². The molecule has 7 heteroatoms. The molecule has 0 aromatic heterocycles. The molecular formula is C13H19ClN2O3S. The Kier molecular flexibility index (Phi) is 4.90. The van der Waals surface area contributed by atoms with Gasteiger partial charge < -0.3 is 10.8 Å². The second-order valence-electron chi connectivity index (χ2n) is 4.96. The summed E-state index contributed by atoms with van der Waals surface area (Å²) in [5, 5.41) is 9.30. The number of aliphatic hydroxyl groups is 1. The molecule has 1 saturated carbocycles. The van der Waals surface area contributed by atoms with Crippen LogP contribution in [-0.4, -0.2) is 37.0 Å². The number of aliphatic hydroxyl groups excluding tert-OH is 1. The molecule has 0 atom stereocenters. The maximum atomic E-state index is 12.8. The molecule has 0 saturated heterocycles. The van der Waals surface area contributed by atoms with Gasteiger partial charge in [0.2, 0.25) is 10.0 Å². The van der Waals surface area contributed by atoms with Gasteiger partial charge in [0.15, 0.2) is 0 Å². The lowest BCUT2D eigenvalue weighted by Gasteiger charge is -2.36. The van der Waals surface area contributed by atoms with Gasteiger partial charge in [0.05, 0.1) is 5.69 Å². The molecule has 2 rings (SSSR count). The Bertz CT molecular complexity index is 573. The van der Waals surface area contributed by atoms with Gasteiger partial charge in [0.25, 0.3) is 0 Å². The number of halogens is 1. The lowest BCUT2D eigenvalue weighted by atomic mass is 9.93. The average molecular weight is 319 g/mol. The molecule has 5 nitrogen and oxygen atoms in total. The van der Waals surface area contributed by atoms with Crippen molar-refractivity contribution in [2.45, 2.75) is 36.6 Å². The number of rotatable bonds is 6. The summed E-state index contributed by atoms with van der Waals surface area (Å²) in [6.07, 6.45) is 3.15. The quantitative estimate of drug-likeness (QED) is 0.784. The van der Waals surface area contributed by atoms with Crippen molar-refractivity contribution in [2.75, 3.05) is 18.9 Å². The van der Waals surface area contributed by atoms with Gasteiger partial charge in [-0.15, -0.1) is 0 Å². The van der Waals surface area contributed by atoms with E-state index in [2.05, 4.69) is 0 Å². The Labute approximate surface area is 124 Å². The van der Waals surface area contributed by atoms with Gasteiger partial charge in [0, 0.05) is 24.2 Å². The third kappa shape index (κ3) is 3.09. The van der Waals surface area contributed by atoms with Crippen LogP contribution in [0.25, 0.3) is 0 Å². The lowest BCUT2D eigenvalue weighted by Crippen LogP contribution is -2.45. The molecule has 0 bridgehead atoms. The van der Waals surface area contributed by atoms with Gasteiger partial charge in [0.1, 0.15) is 4.90 Å². The summed E-state index contributed by atoms with van der Waals surface area (Å²) in [6.45, 7) is 0.263. The van der Waals surface area contributed by atoms with Crippen molar-refractivity contribution in [3.05, 3.63) is 23.2 Å². The molecule has 112 valence electrons. The molecule has 1 aliphatic carbocycles. The standard InChI is InChI=1S/C13H19ClN2O3S/c14-10-5-6-12(15)13(9-10)20(18,19)16(7-2-8-17)11-3-1-4-11/h5-6,9,11,17H,1-4,7-8,15H2. The molecule has 0 unspecified atom stereocenters. The third-order valence-corrected chi connectivity index (χ3v) is 5.82. The van der Waals surface area contributed by atoms with E-state index < -0.39 is 10.0 Å². The second-order valence-corrected chi connectivity index (χ2v) is 7.26. The summed E-state index contributed by atoms with van der Waals surface area (Å²) in [4.78, 5) is 0.0508. The minimum Gasteiger partial charge on any atom is -0.398 e. The first kappa shape index (κ1) is 15.6. The molecule has 1 aromatic carbocycles.